The Labute approximate surface area is 148 Å². The maximum Gasteiger partial charge on any atom is 0.415 e. The van der Waals surface area contributed by atoms with Gasteiger partial charge in [-0.15, -0.1) is 11.8 Å². The second-order valence-corrected chi connectivity index (χ2v) is 6.56. The molecule has 1 aromatic rings. The Hall–Kier alpha value is -2.50. The number of fused-ring (bicyclic) bond motifs is 1. The van der Waals surface area contributed by atoms with Gasteiger partial charge in [-0.25, -0.2) is 9.18 Å². The normalized spacial score (nSPS) is 20.2. The topological polar surface area (TPSA) is 92.9 Å². The van der Waals surface area contributed by atoms with Crippen molar-refractivity contribution in [2.75, 3.05) is 28.6 Å². The van der Waals surface area contributed by atoms with E-state index in [9.17, 15) is 31.9 Å². The summed E-state index contributed by atoms with van der Waals surface area (Å²) in [6.07, 6.45) is -6.84. The van der Waals surface area contributed by atoms with Gasteiger partial charge in [0, 0.05) is 4.90 Å². The van der Waals surface area contributed by atoms with Crippen molar-refractivity contribution >= 4 is 41.0 Å². The van der Waals surface area contributed by atoms with Crippen molar-refractivity contribution in [3.63, 3.8) is 0 Å². The van der Waals surface area contributed by atoms with E-state index < -0.39 is 48.2 Å². The van der Waals surface area contributed by atoms with Crippen LogP contribution in [0.2, 0.25) is 0 Å². The first-order chi connectivity index (χ1) is 12.1. The Balaban J connectivity index is 1.97. The van der Waals surface area contributed by atoms with Crippen LogP contribution in [-0.2, 0) is 14.3 Å². The molecule has 1 fully saturated rings. The fraction of sp³-hybridized carbons (Fsp3) is 0.357. The molecular weight excluding hydrogens is 382 g/mol. The lowest BCUT2D eigenvalue weighted by molar-refractivity contribution is -0.131. The van der Waals surface area contributed by atoms with E-state index in [1.54, 1.807) is 0 Å². The number of carbonyl (C=O) groups excluding carboxylic acids is 3. The number of primary amides is 1. The third kappa shape index (κ3) is 3.41. The Bertz CT molecular complexity index is 801. The zero-order chi connectivity index (χ0) is 19.2. The molecule has 0 spiro atoms. The van der Waals surface area contributed by atoms with E-state index in [2.05, 4.69) is 0 Å². The summed E-state index contributed by atoms with van der Waals surface area (Å²) in [6, 6.07) is 2.08. The number of carbonyl (C=O) groups is 3. The van der Waals surface area contributed by atoms with Crippen molar-refractivity contribution < 1.29 is 36.7 Å². The van der Waals surface area contributed by atoms with Gasteiger partial charge < -0.3 is 10.5 Å². The fourth-order valence-corrected chi connectivity index (χ4v) is 3.58. The number of nitrogens with two attached hydrogens (primary N) is 1. The van der Waals surface area contributed by atoms with E-state index in [1.807, 2.05) is 0 Å². The van der Waals surface area contributed by atoms with Gasteiger partial charge in [0.15, 0.2) is 6.10 Å². The molecule has 3 rings (SSSR count). The molecule has 0 aliphatic carbocycles. The molecule has 12 heteroatoms. The van der Waals surface area contributed by atoms with Gasteiger partial charge in [0.05, 0.1) is 23.7 Å². The second kappa shape index (κ2) is 6.34. The molecule has 2 heterocycles. The van der Waals surface area contributed by atoms with Crippen LogP contribution in [0.3, 0.4) is 0 Å². The summed E-state index contributed by atoms with van der Waals surface area (Å²) < 4.78 is 57.4. The predicted molar refractivity (Wildman–Crippen MR) is 82.3 cm³/mol. The number of benzene rings is 1. The van der Waals surface area contributed by atoms with Crippen molar-refractivity contribution in [3.8, 4) is 0 Å². The van der Waals surface area contributed by atoms with Crippen molar-refractivity contribution in [3.05, 3.63) is 17.9 Å². The van der Waals surface area contributed by atoms with E-state index in [-0.39, 0.29) is 22.9 Å². The summed E-state index contributed by atoms with van der Waals surface area (Å²) in [5, 5.41) is 0. The Morgan fingerprint density at radius 3 is 2.62 bits per heavy atom. The third-order valence-electron chi connectivity index (χ3n) is 3.71. The van der Waals surface area contributed by atoms with Gasteiger partial charge in [-0.2, -0.15) is 13.2 Å². The molecule has 1 aromatic carbocycles. The molecule has 140 valence electrons. The van der Waals surface area contributed by atoms with E-state index in [0.717, 1.165) is 22.7 Å². The smallest absolute Gasteiger partial charge is 0.415 e. The molecule has 2 aliphatic rings. The van der Waals surface area contributed by atoms with Gasteiger partial charge in [0.2, 0.25) is 5.91 Å². The predicted octanol–water partition coefficient (Wildman–Crippen LogP) is 1.64. The SMILES string of the molecule is NC(=O)[C@H]1CN(c2cc(F)c3c(c2)SCC(=O)N3CC(F)(F)F)C(=O)O1. The summed E-state index contributed by atoms with van der Waals surface area (Å²) in [6.45, 7) is -1.87. The monoisotopic (exact) mass is 393 g/mol. The van der Waals surface area contributed by atoms with E-state index >= 15 is 0 Å². The number of cyclic esters (lactones) is 1. The van der Waals surface area contributed by atoms with Crippen molar-refractivity contribution in [2.45, 2.75) is 17.2 Å². The number of rotatable bonds is 3. The number of alkyl halides is 3. The van der Waals surface area contributed by atoms with Crippen LogP contribution >= 0.6 is 11.8 Å². The van der Waals surface area contributed by atoms with Crippen molar-refractivity contribution in [2.24, 2.45) is 5.73 Å². The highest BCUT2D eigenvalue weighted by Gasteiger charge is 2.40. The highest BCUT2D eigenvalue weighted by Crippen LogP contribution is 2.41. The van der Waals surface area contributed by atoms with E-state index in [1.165, 1.54) is 6.07 Å². The molecule has 1 saturated heterocycles. The largest absolute Gasteiger partial charge is 0.434 e. The number of nitrogens with zero attached hydrogens (tertiary/aromatic N) is 2. The van der Waals surface area contributed by atoms with Gasteiger partial charge in [-0.1, -0.05) is 0 Å². The number of ether oxygens (including phenoxy) is 1. The molecule has 0 aromatic heterocycles. The van der Waals surface area contributed by atoms with Crippen LogP contribution in [0, 0.1) is 5.82 Å². The van der Waals surface area contributed by atoms with E-state index in [4.69, 9.17) is 10.5 Å². The van der Waals surface area contributed by atoms with Crippen LogP contribution in [-0.4, -0.2) is 49.0 Å². The second-order valence-electron chi connectivity index (χ2n) is 5.54. The third-order valence-corrected chi connectivity index (χ3v) is 4.73. The summed E-state index contributed by atoms with van der Waals surface area (Å²) in [5.74, 6) is -3.16. The van der Waals surface area contributed by atoms with Gasteiger partial charge in [-0.3, -0.25) is 19.4 Å². The number of halogens is 4. The van der Waals surface area contributed by atoms with Gasteiger partial charge in [-0.05, 0) is 12.1 Å². The molecule has 0 radical (unpaired) electrons. The number of thioether (sulfide) groups is 1. The average Bonchev–Trinajstić information content (AvgIpc) is 2.91. The lowest BCUT2D eigenvalue weighted by Crippen LogP contribution is -2.42. The summed E-state index contributed by atoms with van der Waals surface area (Å²) in [4.78, 5) is 36.1. The number of hydrogen-bond acceptors (Lipinski definition) is 5. The fourth-order valence-electron chi connectivity index (χ4n) is 2.60. The molecule has 3 amide bonds. The lowest BCUT2D eigenvalue weighted by atomic mass is 10.2. The molecule has 0 bridgehead atoms. The van der Waals surface area contributed by atoms with Crippen LogP contribution in [0.4, 0.5) is 33.7 Å². The first-order valence-electron chi connectivity index (χ1n) is 7.18. The van der Waals surface area contributed by atoms with Gasteiger partial charge >= 0.3 is 12.3 Å². The average molecular weight is 393 g/mol. The molecule has 1 atom stereocenters. The first-order valence-corrected chi connectivity index (χ1v) is 8.16. The van der Waals surface area contributed by atoms with Crippen LogP contribution in [0.15, 0.2) is 17.0 Å². The maximum atomic E-state index is 14.5. The lowest BCUT2D eigenvalue weighted by Gasteiger charge is -2.30. The number of hydrogen-bond donors (Lipinski definition) is 1. The van der Waals surface area contributed by atoms with Crippen LogP contribution in [0.25, 0.3) is 0 Å². The zero-order valence-electron chi connectivity index (χ0n) is 12.9. The van der Waals surface area contributed by atoms with Gasteiger partial charge in [0.1, 0.15) is 12.4 Å². The minimum Gasteiger partial charge on any atom is -0.434 e. The standard InChI is InChI=1S/C14H11F4N3O4S/c15-7-1-6(20-3-8(12(19)23)25-13(20)24)2-9-11(7)21(5-14(16,17)18)10(22)4-26-9/h1-2,8H,3-5H2,(H2,19,23)/t8-/m1/s1. The Morgan fingerprint density at radius 1 is 1.35 bits per heavy atom. The summed E-state index contributed by atoms with van der Waals surface area (Å²) in [7, 11) is 0. The van der Waals surface area contributed by atoms with Crippen LogP contribution < -0.4 is 15.5 Å². The molecule has 0 saturated carbocycles. The number of amides is 3. The van der Waals surface area contributed by atoms with E-state index in [0.29, 0.717) is 4.90 Å². The molecule has 7 nitrogen and oxygen atoms in total. The highest BCUT2D eigenvalue weighted by molar-refractivity contribution is 8.00. The molecule has 26 heavy (non-hydrogen) atoms. The summed E-state index contributed by atoms with van der Waals surface area (Å²) in [5.41, 5.74) is 4.56. The molecule has 2 N–H and O–H groups in total. The minimum absolute atomic E-state index is 0.0104. The Kier molecular flexibility index (Phi) is 4.46. The maximum absolute atomic E-state index is 14.5. The number of anilines is 2. The summed E-state index contributed by atoms with van der Waals surface area (Å²) >= 11 is 0.853. The minimum atomic E-state index is -4.70. The highest BCUT2D eigenvalue weighted by atomic mass is 32.2. The molecule has 2 aliphatic heterocycles. The molecular formula is C14H11F4N3O4S. The Morgan fingerprint density at radius 2 is 2.04 bits per heavy atom. The van der Waals surface area contributed by atoms with Crippen molar-refractivity contribution in [1.82, 2.24) is 0 Å². The van der Waals surface area contributed by atoms with Gasteiger partial charge in [0.25, 0.3) is 5.91 Å². The first kappa shape index (κ1) is 18.3. The quantitative estimate of drug-likeness (QED) is 0.789. The van der Waals surface area contributed by atoms with Crippen LogP contribution in [0.1, 0.15) is 0 Å². The van der Waals surface area contributed by atoms with Crippen molar-refractivity contribution in [1.29, 1.82) is 0 Å². The van der Waals surface area contributed by atoms with Crippen LogP contribution in [0.5, 0.6) is 0 Å². The molecule has 0 unspecified atom stereocenters. The zero-order valence-corrected chi connectivity index (χ0v) is 13.7.